The topological polar surface area (TPSA) is 35.5 Å². The lowest BCUT2D eigenvalue weighted by molar-refractivity contribution is -0.134. The van der Waals surface area contributed by atoms with Gasteiger partial charge in [0.25, 0.3) is 0 Å². The smallest absolute Gasteiger partial charge is 0.310 e. The minimum Gasteiger partial charge on any atom is -0.426 e. The average molecular weight is 215 g/mol. The number of benzene rings is 1. The molecule has 0 atom stereocenters. The third kappa shape index (κ3) is 2.64. The van der Waals surface area contributed by atoms with E-state index >= 15 is 0 Å². The van der Waals surface area contributed by atoms with Crippen LogP contribution in [0.3, 0.4) is 0 Å². The van der Waals surface area contributed by atoms with Crippen LogP contribution >= 0.6 is 11.9 Å². The summed E-state index contributed by atoms with van der Waals surface area (Å²) in [4.78, 5) is 11.0. The molecule has 1 aromatic rings. The summed E-state index contributed by atoms with van der Waals surface area (Å²) >= 11 is 5.18. The molecule has 4 heteroatoms. The predicted octanol–water partition coefficient (Wildman–Crippen LogP) is 2.84. The van der Waals surface area contributed by atoms with Gasteiger partial charge in [-0.25, -0.2) is 0 Å². The van der Waals surface area contributed by atoms with Crippen LogP contribution < -0.4 is 9.03 Å². The van der Waals surface area contributed by atoms with Gasteiger partial charge < -0.3 is 9.03 Å². The van der Waals surface area contributed by atoms with E-state index in [0.717, 1.165) is 5.56 Å². The third-order valence-corrected chi connectivity index (χ3v) is 1.93. The lowest BCUT2D eigenvalue weighted by Crippen LogP contribution is -2.06. The van der Waals surface area contributed by atoms with E-state index < -0.39 is 0 Å². The van der Waals surface area contributed by atoms with Gasteiger partial charge in [0.1, 0.15) is 23.4 Å². The Balaban J connectivity index is 2.83. The van der Waals surface area contributed by atoms with Crippen molar-refractivity contribution >= 4 is 17.8 Å². The van der Waals surface area contributed by atoms with Crippen LogP contribution in [-0.2, 0) is 4.79 Å². The van der Waals surface area contributed by atoms with Crippen molar-refractivity contribution in [2.75, 3.05) is 0 Å². The molecule has 0 bridgehead atoms. The molecule has 0 radical (unpaired) electrons. The van der Waals surface area contributed by atoms with Gasteiger partial charge in [-0.1, -0.05) is 6.92 Å². The summed E-state index contributed by atoms with van der Waals surface area (Å²) in [7, 11) is 0. The minimum absolute atomic E-state index is 0.257. The maximum atomic E-state index is 11.0. The van der Waals surface area contributed by atoms with Gasteiger partial charge in [0, 0.05) is 6.42 Å². The number of aryl methyl sites for hydroxylation is 1. The summed E-state index contributed by atoms with van der Waals surface area (Å²) in [6.07, 6.45) is 0.354. The van der Waals surface area contributed by atoms with Crippen LogP contribution in [0.15, 0.2) is 18.2 Å². The zero-order valence-electron chi connectivity index (χ0n) is 8.04. The van der Waals surface area contributed by atoms with Crippen LogP contribution in [0.5, 0.6) is 11.5 Å². The number of carbonyl (C=O) groups excluding carboxylic acids is 1. The number of halogens is 1. The molecule has 1 rings (SSSR count). The molecular weight excluding hydrogens is 204 g/mol. The molecule has 76 valence electrons. The van der Waals surface area contributed by atoms with E-state index in [1.807, 2.05) is 6.92 Å². The fourth-order valence-corrected chi connectivity index (χ4v) is 1.08. The van der Waals surface area contributed by atoms with Gasteiger partial charge in [0.2, 0.25) is 0 Å². The van der Waals surface area contributed by atoms with Crippen molar-refractivity contribution < 1.29 is 13.8 Å². The highest BCUT2D eigenvalue weighted by Crippen LogP contribution is 2.24. The Labute approximate surface area is 87.8 Å². The van der Waals surface area contributed by atoms with E-state index in [0.29, 0.717) is 17.9 Å². The van der Waals surface area contributed by atoms with E-state index in [1.54, 1.807) is 25.1 Å². The number of hydrogen-bond donors (Lipinski definition) is 0. The molecule has 0 aliphatic carbocycles. The molecule has 0 heterocycles. The van der Waals surface area contributed by atoms with Crippen molar-refractivity contribution in [2.24, 2.45) is 0 Å². The summed E-state index contributed by atoms with van der Waals surface area (Å²) in [6, 6.07) is 4.99. The number of hydrogen-bond acceptors (Lipinski definition) is 3. The van der Waals surface area contributed by atoms with Gasteiger partial charge in [-0.2, -0.15) is 0 Å². The van der Waals surface area contributed by atoms with Crippen molar-refractivity contribution in [3.05, 3.63) is 23.8 Å². The molecular formula is C10H11ClO3. The fraction of sp³-hybridized carbons (Fsp3) is 0.300. The Morgan fingerprint density at radius 3 is 2.71 bits per heavy atom. The summed E-state index contributed by atoms with van der Waals surface area (Å²) in [5, 5.41) is 0. The lowest BCUT2D eigenvalue weighted by Gasteiger charge is -2.06. The summed E-state index contributed by atoms with van der Waals surface area (Å²) in [5.41, 5.74) is 0.810. The maximum Gasteiger partial charge on any atom is 0.310 e. The molecule has 0 aliphatic heterocycles. The third-order valence-electron chi connectivity index (χ3n) is 1.75. The average Bonchev–Trinajstić information content (AvgIpc) is 2.20. The van der Waals surface area contributed by atoms with Gasteiger partial charge in [0.15, 0.2) is 0 Å². The largest absolute Gasteiger partial charge is 0.426 e. The Hall–Kier alpha value is -1.22. The van der Waals surface area contributed by atoms with Gasteiger partial charge in [-0.15, -0.1) is 0 Å². The Morgan fingerprint density at radius 1 is 1.50 bits per heavy atom. The van der Waals surface area contributed by atoms with E-state index in [1.165, 1.54) is 0 Å². The number of esters is 1. The zero-order chi connectivity index (χ0) is 10.6. The highest BCUT2D eigenvalue weighted by Gasteiger charge is 2.05. The molecule has 0 N–H and O–H groups in total. The predicted molar refractivity (Wildman–Crippen MR) is 53.6 cm³/mol. The molecule has 0 fully saturated rings. The molecule has 0 amide bonds. The van der Waals surface area contributed by atoms with Crippen LogP contribution in [0, 0.1) is 6.92 Å². The van der Waals surface area contributed by atoms with Gasteiger partial charge >= 0.3 is 5.97 Å². The van der Waals surface area contributed by atoms with E-state index in [4.69, 9.17) is 16.6 Å². The number of carbonyl (C=O) groups is 1. The SMILES string of the molecule is CCC(=O)Oc1ccc(OCl)cc1C. The van der Waals surface area contributed by atoms with E-state index in [2.05, 4.69) is 4.29 Å². The number of ether oxygens (including phenoxy) is 1. The van der Waals surface area contributed by atoms with E-state index in [9.17, 15) is 4.79 Å². The first-order valence-electron chi connectivity index (χ1n) is 4.27. The second-order valence-electron chi connectivity index (χ2n) is 2.83. The molecule has 0 unspecified atom stereocenters. The first kappa shape index (κ1) is 10.9. The standard InChI is InChI=1S/C10H11ClO3/c1-3-10(12)13-9-5-4-8(14-11)6-7(9)2/h4-6H,3H2,1-2H3. The molecule has 0 spiro atoms. The molecule has 0 aliphatic rings. The van der Waals surface area contributed by atoms with Crippen LogP contribution in [0.2, 0.25) is 0 Å². The highest BCUT2D eigenvalue weighted by molar-refractivity contribution is 6.09. The van der Waals surface area contributed by atoms with Crippen molar-refractivity contribution in [1.29, 1.82) is 0 Å². The second kappa shape index (κ2) is 4.86. The van der Waals surface area contributed by atoms with Gasteiger partial charge in [-0.05, 0) is 30.7 Å². The van der Waals surface area contributed by atoms with Crippen molar-refractivity contribution in [3.63, 3.8) is 0 Å². The zero-order valence-corrected chi connectivity index (χ0v) is 8.80. The molecule has 14 heavy (non-hydrogen) atoms. The van der Waals surface area contributed by atoms with E-state index in [-0.39, 0.29) is 5.97 Å². The van der Waals surface area contributed by atoms with Gasteiger partial charge in [-0.3, -0.25) is 4.79 Å². The Bertz CT molecular complexity index is 336. The van der Waals surface area contributed by atoms with Crippen molar-refractivity contribution in [3.8, 4) is 11.5 Å². The monoisotopic (exact) mass is 214 g/mol. The summed E-state index contributed by atoms with van der Waals surface area (Å²) < 4.78 is 9.57. The molecule has 0 aromatic heterocycles. The summed E-state index contributed by atoms with van der Waals surface area (Å²) in [5.74, 6) is 0.808. The maximum absolute atomic E-state index is 11.0. The number of rotatable bonds is 3. The molecule has 0 saturated heterocycles. The van der Waals surface area contributed by atoms with Crippen LogP contribution in [0.1, 0.15) is 18.9 Å². The van der Waals surface area contributed by atoms with Crippen LogP contribution in [0.25, 0.3) is 0 Å². The quantitative estimate of drug-likeness (QED) is 0.573. The first-order valence-corrected chi connectivity index (χ1v) is 4.58. The van der Waals surface area contributed by atoms with Crippen LogP contribution in [-0.4, -0.2) is 5.97 Å². The van der Waals surface area contributed by atoms with Crippen molar-refractivity contribution in [1.82, 2.24) is 0 Å². The van der Waals surface area contributed by atoms with Gasteiger partial charge in [0.05, 0.1) is 0 Å². The minimum atomic E-state index is -0.257. The molecule has 3 nitrogen and oxygen atoms in total. The Morgan fingerprint density at radius 2 is 2.21 bits per heavy atom. The Kier molecular flexibility index (Phi) is 3.77. The highest BCUT2D eigenvalue weighted by atomic mass is 35.5. The molecule has 1 aromatic carbocycles. The lowest BCUT2D eigenvalue weighted by atomic mass is 10.2. The summed E-state index contributed by atoms with van der Waals surface area (Å²) in [6.45, 7) is 3.56. The van der Waals surface area contributed by atoms with Crippen LogP contribution in [0.4, 0.5) is 0 Å². The second-order valence-corrected chi connectivity index (χ2v) is 2.99. The molecule has 0 saturated carbocycles. The first-order chi connectivity index (χ1) is 6.67. The normalized spacial score (nSPS) is 9.64. The fourth-order valence-electron chi connectivity index (χ4n) is 0.979. The van der Waals surface area contributed by atoms with Crippen molar-refractivity contribution in [2.45, 2.75) is 20.3 Å².